The van der Waals surface area contributed by atoms with Gasteiger partial charge in [-0.25, -0.2) is 4.68 Å². The number of hydrogen-bond acceptors (Lipinski definition) is 3. The number of methoxy groups -OCH3 is 1. The summed E-state index contributed by atoms with van der Waals surface area (Å²) in [5.74, 6) is 0.762. The molecule has 0 saturated carbocycles. The van der Waals surface area contributed by atoms with Gasteiger partial charge >= 0.3 is 0 Å². The van der Waals surface area contributed by atoms with Crippen LogP contribution in [0.2, 0.25) is 0 Å². The Labute approximate surface area is 128 Å². The number of nitrogens with zero attached hydrogens (tertiary/aromatic N) is 2. The van der Waals surface area contributed by atoms with E-state index in [1.807, 2.05) is 36.4 Å². The maximum atomic E-state index is 12.3. The molecule has 110 valence electrons. The standard InChI is InChI=1S/C17H15N3O2/c1-22-15-10-6-5-9-14(15)17(21)18-16-11-12-20(19-16)13-7-3-2-4-8-13/h2-12H,1H3,(H,18,19,21). The van der Waals surface area contributed by atoms with Gasteiger partial charge in [-0.05, 0) is 24.3 Å². The Morgan fingerprint density at radius 3 is 2.55 bits per heavy atom. The Bertz CT molecular complexity index is 781. The SMILES string of the molecule is COc1ccccc1C(=O)Nc1ccn(-c2ccccc2)n1. The highest BCUT2D eigenvalue weighted by Crippen LogP contribution is 2.19. The van der Waals surface area contributed by atoms with Crippen LogP contribution in [-0.4, -0.2) is 22.8 Å². The first kappa shape index (κ1) is 13.9. The summed E-state index contributed by atoms with van der Waals surface area (Å²) in [5.41, 5.74) is 1.40. The van der Waals surface area contributed by atoms with Crippen LogP contribution in [0.3, 0.4) is 0 Å². The van der Waals surface area contributed by atoms with Gasteiger partial charge in [-0.3, -0.25) is 4.79 Å². The molecule has 5 nitrogen and oxygen atoms in total. The minimum atomic E-state index is -0.254. The number of carbonyl (C=O) groups is 1. The van der Waals surface area contributed by atoms with Crippen LogP contribution in [0.15, 0.2) is 66.9 Å². The number of amides is 1. The molecule has 0 aliphatic heterocycles. The lowest BCUT2D eigenvalue weighted by atomic mass is 10.2. The Morgan fingerprint density at radius 2 is 1.77 bits per heavy atom. The zero-order valence-corrected chi connectivity index (χ0v) is 12.1. The molecule has 0 aliphatic rings. The van der Waals surface area contributed by atoms with Crippen molar-refractivity contribution in [2.45, 2.75) is 0 Å². The van der Waals surface area contributed by atoms with E-state index >= 15 is 0 Å². The lowest BCUT2D eigenvalue weighted by Gasteiger charge is -2.07. The average Bonchev–Trinajstić information content (AvgIpc) is 3.04. The van der Waals surface area contributed by atoms with Crippen LogP contribution in [0, 0.1) is 0 Å². The van der Waals surface area contributed by atoms with E-state index in [4.69, 9.17) is 4.74 Å². The molecule has 2 aromatic carbocycles. The van der Waals surface area contributed by atoms with Crippen molar-refractivity contribution in [2.24, 2.45) is 0 Å². The maximum Gasteiger partial charge on any atom is 0.260 e. The smallest absolute Gasteiger partial charge is 0.260 e. The first-order chi connectivity index (χ1) is 10.8. The quantitative estimate of drug-likeness (QED) is 0.804. The van der Waals surface area contributed by atoms with Gasteiger partial charge in [-0.1, -0.05) is 30.3 Å². The molecule has 0 saturated heterocycles. The van der Waals surface area contributed by atoms with Crippen molar-refractivity contribution in [2.75, 3.05) is 12.4 Å². The number of ether oxygens (including phenoxy) is 1. The van der Waals surface area contributed by atoms with Gasteiger partial charge in [0.05, 0.1) is 18.4 Å². The molecule has 1 amide bonds. The van der Waals surface area contributed by atoms with E-state index in [-0.39, 0.29) is 5.91 Å². The summed E-state index contributed by atoms with van der Waals surface area (Å²) in [4.78, 5) is 12.3. The van der Waals surface area contributed by atoms with Crippen LogP contribution >= 0.6 is 0 Å². The topological polar surface area (TPSA) is 56.1 Å². The van der Waals surface area contributed by atoms with Crippen LogP contribution in [0.1, 0.15) is 10.4 Å². The largest absolute Gasteiger partial charge is 0.496 e. The minimum Gasteiger partial charge on any atom is -0.496 e. The van der Waals surface area contributed by atoms with Crippen LogP contribution in [0.4, 0.5) is 5.82 Å². The highest BCUT2D eigenvalue weighted by Gasteiger charge is 2.12. The van der Waals surface area contributed by atoms with Crippen LogP contribution in [-0.2, 0) is 0 Å². The summed E-state index contributed by atoms with van der Waals surface area (Å²) in [7, 11) is 1.54. The summed E-state index contributed by atoms with van der Waals surface area (Å²) < 4.78 is 6.90. The molecule has 0 bridgehead atoms. The minimum absolute atomic E-state index is 0.254. The highest BCUT2D eigenvalue weighted by atomic mass is 16.5. The Kier molecular flexibility index (Phi) is 3.87. The van der Waals surface area contributed by atoms with Gasteiger partial charge in [-0.15, -0.1) is 0 Å². The number of benzene rings is 2. The molecular formula is C17H15N3O2. The molecule has 0 radical (unpaired) electrons. The number of nitrogens with one attached hydrogen (secondary N) is 1. The van der Waals surface area contributed by atoms with Gasteiger partial charge in [0.1, 0.15) is 5.75 Å². The number of para-hydroxylation sites is 2. The van der Waals surface area contributed by atoms with E-state index in [1.54, 1.807) is 35.1 Å². The van der Waals surface area contributed by atoms with Gasteiger partial charge < -0.3 is 10.1 Å². The number of carbonyl (C=O) groups excluding carboxylic acids is 1. The van der Waals surface area contributed by atoms with Gasteiger partial charge in [0.2, 0.25) is 0 Å². The molecule has 0 atom stereocenters. The molecule has 3 rings (SSSR count). The molecule has 0 aliphatic carbocycles. The summed E-state index contributed by atoms with van der Waals surface area (Å²) in [6, 6.07) is 18.5. The van der Waals surface area contributed by atoms with Crippen molar-refractivity contribution in [3.63, 3.8) is 0 Å². The molecule has 3 aromatic rings. The lowest BCUT2D eigenvalue weighted by molar-refractivity contribution is 0.102. The number of rotatable bonds is 4. The first-order valence-electron chi connectivity index (χ1n) is 6.83. The van der Waals surface area contributed by atoms with E-state index in [0.717, 1.165) is 5.69 Å². The third-order valence-electron chi connectivity index (χ3n) is 3.20. The van der Waals surface area contributed by atoms with Crippen LogP contribution in [0.25, 0.3) is 5.69 Å². The normalized spacial score (nSPS) is 10.2. The molecule has 0 spiro atoms. The second kappa shape index (κ2) is 6.13. The van der Waals surface area contributed by atoms with Crippen LogP contribution < -0.4 is 10.1 Å². The molecule has 1 aromatic heterocycles. The number of anilines is 1. The highest BCUT2D eigenvalue weighted by molar-refractivity contribution is 6.05. The van der Waals surface area contributed by atoms with E-state index in [9.17, 15) is 4.79 Å². The fourth-order valence-corrected chi connectivity index (χ4v) is 2.13. The average molecular weight is 293 g/mol. The van der Waals surface area contributed by atoms with Crippen LogP contribution in [0.5, 0.6) is 5.75 Å². The lowest BCUT2D eigenvalue weighted by Crippen LogP contribution is -2.13. The Morgan fingerprint density at radius 1 is 1.05 bits per heavy atom. The Hall–Kier alpha value is -3.08. The van der Waals surface area contributed by atoms with Crippen molar-refractivity contribution in [1.29, 1.82) is 0 Å². The van der Waals surface area contributed by atoms with E-state index < -0.39 is 0 Å². The number of hydrogen-bond donors (Lipinski definition) is 1. The molecule has 22 heavy (non-hydrogen) atoms. The van der Waals surface area contributed by atoms with E-state index in [1.165, 1.54) is 7.11 Å². The van der Waals surface area contributed by atoms with Crippen molar-refractivity contribution >= 4 is 11.7 Å². The second-order valence-electron chi connectivity index (χ2n) is 4.64. The van der Waals surface area contributed by atoms with Crippen molar-refractivity contribution in [3.05, 3.63) is 72.4 Å². The number of aromatic nitrogens is 2. The Balaban J connectivity index is 1.79. The first-order valence-corrected chi connectivity index (χ1v) is 6.83. The molecule has 1 heterocycles. The fraction of sp³-hybridized carbons (Fsp3) is 0.0588. The van der Waals surface area contributed by atoms with Gasteiger partial charge in [-0.2, -0.15) is 5.10 Å². The zero-order chi connectivity index (χ0) is 15.4. The van der Waals surface area contributed by atoms with Crippen molar-refractivity contribution < 1.29 is 9.53 Å². The molecular weight excluding hydrogens is 278 g/mol. The summed E-state index contributed by atoms with van der Waals surface area (Å²) >= 11 is 0. The van der Waals surface area contributed by atoms with Gasteiger partial charge in [0.25, 0.3) is 5.91 Å². The van der Waals surface area contributed by atoms with Crippen molar-refractivity contribution in [3.8, 4) is 11.4 Å². The van der Waals surface area contributed by atoms with E-state index in [2.05, 4.69) is 10.4 Å². The van der Waals surface area contributed by atoms with Crippen molar-refractivity contribution in [1.82, 2.24) is 9.78 Å². The second-order valence-corrected chi connectivity index (χ2v) is 4.64. The maximum absolute atomic E-state index is 12.3. The molecule has 5 heteroatoms. The monoisotopic (exact) mass is 293 g/mol. The van der Waals surface area contributed by atoms with Gasteiger partial charge in [0.15, 0.2) is 5.82 Å². The molecule has 0 unspecified atom stereocenters. The zero-order valence-electron chi connectivity index (χ0n) is 12.1. The third kappa shape index (κ3) is 2.83. The fourth-order valence-electron chi connectivity index (χ4n) is 2.13. The predicted octanol–water partition coefficient (Wildman–Crippen LogP) is 3.13. The summed E-state index contributed by atoms with van der Waals surface area (Å²) in [5, 5.41) is 7.12. The molecule has 0 fully saturated rings. The predicted molar refractivity (Wildman–Crippen MR) is 84.5 cm³/mol. The third-order valence-corrected chi connectivity index (χ3v) is 3.20. The summed E-state index contributed by atoms with van der Waals surface area (Å²) in [6.07, 6.45) is 1.80. The molecule has 1 N–H and O–H groups in total. The van der Waals surface area contributed by atoms with Gasteiger partial charge in [0, 0.05) is 12.3 Å². The van der Waals surface area contributed by atoms with E-state index in [0.29, 0.717) is 17.1 Å². The summed E-state index contributed by atoms with van der Waals surface area (Å²) in [6.45, 7) is 0.